The number of benzene rings is 1. The Morgan fingerprint density at radius 3 is 2.74 bits per heavy atom. The van der Waals surface area contributed by atoms with E-state index in [9.17, 15) is 9.59 Å². The Bertz CT molecular complexity index is 1160. The number of fused-ring (bicyclic) bond motifs is 1. The first-order valence-electron chi connectivity index (χ1n) is 10.7. The largest absolute Gasteiger partial charge is 0.492 e. The summed E-state index contributed by atoms with van der Waals surface area (Å²) in [4.78, 5) is 33.4. The molecule has 9 heteroatoms. The van der Waals surface area contributed by atoms with Gasteiger partial charge in [0.2, 0.25) is 6.54 Å². The Kier molecular flexibility index (Phi) is 5.43. The maximum Gasteiger partial charge on any atom is 0.350 e. The molecule has 1 aromatic carbocycles. The lowest BCUT2D eigenvalue weighted by molar-refractivity contribution is 0.217. The van der Waals surface area contributed by atoms with Gasteiger partial charge in [0, 0.05) is 25.7 Å². The van der Waals surface area contributed by atoms with Crippen LogP contribution in [0.5, 0.6) is 5.75 Å². The second-order valence-electron chi connectivity index (χ2n) is 9.17. The Hall–Kier alpha value is -2.99. The van der Waals surface area contributed by atoms with Crippen LogP contribution in [0.3, 0.4) is 0 Å². The Morgan fingerprint density at radius 2 is 2.10 bits per heavy atom. The van der Waals surface area contributed by atoms with Crippen molar-refractivity contribution in [2.24, 2.45) is 5.41 Å². The minimum absolute atomic E-state index is 0.0505. The van der Waals surface area contributed by atoms with E-state index in [4.69, 9.17) is 17.2 Å². The molecule has 1 unspecified atom stereocenters. The van der Waals surface area contributed by atoms with Crippen LogP contribution in [0.25, 0.3) is 15.7 Å². The third-order valence-corrected chi connectivity index (χ3v) is 6.47. The lowest BCUT2D eigenvalue weighted by Crippen LogP contribution is -2.44. The molecule has 1 aliphatic heterocycles. The van der Waals surface area contributed by atoms with Crippen LogP contribution < -0.4 is 26.7 Å². The van der Waals surface area contributed by atoms with Gasteiger partial charge in [0.1, 0.15) is 5.52 Å². The lowest BCUT2D eigenvalue weighted by atomic mass is 9.89. The molecule has 1 aromatic heterocycles. The van der Waals surface area contributed by atoms with E-state index in [-0.39, 0.29) is 11.5 Å². The molecule has 4 rings (SSSR count). The molecule has 2 aromatic rings. The van der Waals surface area contributed by atoms with Crippen LogP contribution in [0.15, 0.2) is 21.7 Å². The number of ether oxygens (including phenoxy) is 1. The molecule has 31 heavy (non-hydrogen) atoms. The molecule has 0 radical (unpaired) electrons. The van der Waals surface area contributed by atoms with Crippen molar-refractivity contribution in [3.63, 3.8) is 0 Å². The highest BCUT2D eigenvalue weighted by Gasteiger charge is 2.37. The molecule has 1 atom stereocenters. The molecule has 0 spiro atoms. The topological polar surface area (TPSA) is 90.1 Å². The maximum absolute atomic E-state index is 12.8. The normalized spacial score (nSPS) is 21.1. The van der Waals surface area contributed by atoms with Crippen molar-refractivity contribution in [2.45, 2.75) is 32.2 Å². The Morgan fingerprint density at radius 1 is 1.35 bits per heavy atom. The highest BCUT2D eigenvalue weighted by molar-refractivity contribution is 5.90. The SMILES string of the molecule is [C-]#[N+]CCN(C)CC1(C)CCN(c2ccc3c(=O)n(N)c(=O)n(C4CC4)c3c2OC)C1. The number of methoxy groups -OCH3 is 1. The van der Waals surface area contributed by atoms with Crippen LogP contribution in [-0.4, -0.2) is 61.0 Å². The van der Waals surface area contributed by atoms with Crippen LogP contribution >= 0.6 is 0 Å². The molecule has 1 saturated heterocycles. The number of hydrogen-bond donors (Lipinski definition) is 1. The fourth-order valence-electron chi connectivity index (χ4n) is 4.83. The minimum atomic E-state index is -0.505. The van der Waals surface area contributed by atoms with E-state index in [0.29, 0.717) is 27.9 Å². The van der Waals surface area contributed by atoms with Gasteiger partial charge in [0.25, 0.3) is 5.56 Å². The predicted octanol–water partition coefficient (Wildman–Crippen LogP) is 1.29. The van der Waals surface area contributed by atoms with E-state index in [1.807, 2.05) is 6.07 Å². The maximum atomic E-state index is 12.8. The number of nitrogens with zero attached hydrogens (tertiary/aromatic N) is 5. The highest BCUT2D eigenvalue weighted by atomic mass is 16.5. The minimum Gasteiger partial charge on any atom is -0.492 e. The third kappa shape index (κ3) is 3.76. The van der Waals surface area contributed by atoms with Gasteiger partial charge >= 0.3 is 5.69 Å². The summed E-state index contributed by atoms with van der Waals surface area (Å²) in [5.74, 6) is 6.34. The molecule has 9 nitrogen and oxygen atoms in total. The average Bonchev–Trinajstić information content (AvgIpc) is 3.51. The standard InChI is InChI=1S/C22H30N6O3/c1-22(13-25(3)12-10-24-2)9-11-26(14-22)17-8-7-16-18(19(17)31-4)27(15-5-6-15)21(30)28(23)20(16)29/h7-8,15H,5-6,9-14,23H2,1,3-4H3. The van der Waals surface area contributed by atoms with Gasteiger partial charge in [-0.15, -0.1) is 0 Å². The molecule has 2 aliphatic rings. The lowest BCUT2D eigenvalue weighted by Gasteiger charge is -2.30. The number of nitrogen functional groups attached to an aromatic ring is 1. The summed E-state index contributed by atoms with van der Waals surface area (Å²) in [5.41, 5.74) is 0.512. The zero-order valence-electron chi connectivity index (χ0n) is 18.4. The number of likely N-dealkylation sites (N-methyl/N-ethyl adjacent to an activating group) is 1. The van der Waals surface area contributed by atoms with Crippen LogP contribution in [0.2, 0.25) is 0 Å². The van der Waals surface area contributed by atoms with E-state index in [1.54, 1.807) is 17.7 Å². The van der Waals surface area contributed by atoms with E-state index in [2.05, 4.69) is 28.6 Å². The molecule has 0 bridgehead atoms. The summed E-state index contributed by atoms with van der Waals surface area (Å²) in [6, 6.07) is 3.71. The Balaban J connectivity index is 1.74. The number of hydrogen-bond acceptors (Lipinski definition) is 6. The molecule has 2 heterocycles. The van der Waals surface area contributed by atoms with E-state index < -0.39 is 11.2 Å². The smallest absolute Gasteiger partial charge is 0.350 e. The molecular formula is C22H30N6O3. The number of aromatic nitrogens is 2. The molecule has 1 aliphatic carbocycles. The average molecular weight is 427 g/mol. The van der Waals surface area contributed by atoms with Gasteiger partial charge in [0.05, 0.1) is 24.7 Å². The molecule has 2 fully saturated rings. The zero-order chi connectivity index (χ0) is 22.3. The number of nitrogens with two attached hydrogens (primary N) is 1. The van der Waals surface area contributed by atoms with E-state index >= 15 is 0 Å². The Labute approximate surface area is 181 Å². The van der Waals surface area contributed by atoms with Crippen molar-refractivity contribution in [2.75, 3.05) is 57.6 Å². The van der Waals surface area contributed by atoms with Crippen LogP contribution in [-0.2, 0) is 0 Å². The van der Waals surface area contributed by atoms with Crippen molar-refractivity contribution in [3.05, 3.63) is 44.4 Å². The monoisotopic (exact) mass is 426 g/mol. The fourth-order valence-corrected chi connectivity index (χ4v) is 4.83. The van der Waals surface area contributed by atoms with Crippen LogP contribution in [0.4, 0.5) is 5.69 Å². The third-order valence-electron chi connectivity index (χ3n) is 6.47. The molecule has 0 amide bonds. The van der Waals surface area contributed by atoms with E-state index in [0.717, 1.165) is 51.1 Å². The molecule has 1 saturated carbocycles. The first-order valence-corrected chi connectivity index (χ1v) is 10.7. The van der Waals surface area contributed by atoms with E-state index in [1.165, 1.54) is 0 Å². The van der Waals surface area contributed by atoms with Gasteiger partial charge in [-0.1, -0.05) is 6.92 Å². The number of anilines is 1. The van der Waals surface area contributed by atoms with Crippen molar-refractivity contribution in [1.29, 1.82) is 0 Å². The summed E-state index contributed by atoms with van der Waals surface area (Å²) in [5, 5.41) is 0.399. The van der Waals surface area contributed by atoms with Crippen LogP contribution in [0, 0.1) is 12.0 Å². The van der Waals surface area contributed by atoms with Gasteiger partial charge < -0.3 is 20.3 Å². The van der Waals surface area contributed by atoms with Crippen molar-refractivity contribution in [3.8, 4) is 5.75 Å². The summed E-state index contributed by atoms with van der Waals surface area (Å²) in [7, 11) is 3.64. The van der Waals surface area contributed by atoms with Gasteiger partial charge in [0.15, 0.2) is 5.75 Å². The van der Waals surface area contributed by atoms with Gasteiger partial charge in [-0.2, -0.15) is 4.68 Å². The van der Waals surface area contributed by atoms with Gasteiger partial charge in [-0.25, -0.2) is 11.4 Å². The molecule has 2 N–H and O–H groups in total. The second-order valence-corrected chi connectivity index (χ2v) is 9.17. The quantitative estimate of drug-likeness (QED) is 0.530. The fraction of sp³-hybridized carbons (Fsp3) is 0.591. The summed E-state index contributed by atoms with van der Waals surface area (Å²) in [6.07, 6.45) is 2.79. The molecule has 166 valence electrons. The number of rotatable bonds is 7. The van der Waals surface area contributed by atoms with Crippen molar-refractivity contribution >= 4 is 16.6 Å². The van der Waals surface area contributed by atoms with Gasteiger partial charge in [-0.3, -0.25) is 14.3 Å². The van der Waals surface area contributed by atoms with Crippen LogP contribution in [0.1, 0.15) is 32.2 Å². The van der Waals surface area contributed by atoms with Crippen molar-refractivity contribution < 1.29 is 4.74 Å². The summed E-state index contributed by atoms with van der Waals surface area (Å²) in [6.45, 7) is 13.1. The highest BCUT2D eigenvalue weighted by Crippen LogP contribution is 2.43. The van der Waals surface area contributed by atoms with Crippen molar-refractivity contribution in [1.82, 2.24) is 14.1 Å². The zero-order valence-corrected chi connectivity index (χ0v) is 18.4. The predicted molar refractivity (Wildman–Crippen MR) is 121 cm³/mol. The summed E-state index contributed by atoms with van der Waals surface area (Å²) >= 11 is 0. The second kappa shape index (κ2) is 7.93. The van der Waals surface area contributed by atoms with Gasteiger partial charge in [-0.05, 0) is 43.9 Å². The molecular weight excluding hydrogens is 396 g/mol. The first kappa shape index (κ1) is 21.2. The first-order chi connectivity index (χ1) is 14.8. The summed E-state index contributed by atoms with van der Waals surface area (Å²) < 4.78 is 8.14.